The maximum Gasteiger partial charge on any atom is 0.472 e. The van der Waals surface area contributed by atoms with Crippen LogP contribution in [0.5, 0.6) is 0 Å². The number of rotatable bonds is 70. The number of aliphatic hydroxyl groups is 1. The molecule has 0 aliphatic rings. The molecule has 0 aromatic rings. The Kier molecular flexibility index (Phi) is 68.6. The summed E-state index contributed by atoms with van der Waals surface area (Å²) in [6.07, 6.45) is 81.6. The predicted molar refractivity (Wildman–Crippen MR) is 408 cm³/mol. The molecule has 0 fully saturated rings. The molecular formula is C81H134O17P2. The van der Waals surface area contributed by atoms with Crippen LogP contribution in [0.15, 0.2) is 146 Å². The van der Waals surface area contributed by atoms with Crippen molar-refractivity contribution >= 4 is 39.5 Å². The minimum absolute atomic E-state index is 0.0649. The van der Waals surface area contributed by atoms with Crippen LogP contribution in [0.4, 0.5) is 0 Å². The number of phosphoric ester groups is 2. The van der Waals surface area contributed by atoms with Crippen molar-refractivity contribution in [3.8, 4) is 0 Å². The summed E-state index contributed by atoms with van der Waals surface area (Å²) in [5.74, 6) is -2.38. The van der Waals surface area contributed by atoms with Crippen LogP contribution in [0.3, 0.4) is 0 Å². The lowest BCUT2D eigenvalue weighted by atomic mass is 10.0. The second-order valence-corrected chi connectivity index (χ2v) is 27.8. The molecule has 0 aromatic heterocycles. The third kappa shape index (κ3) is 71.3. The van der Waals surface area contributed by atoms with E-state index in [2.05, 4.69) is 149 Å². The van der Waals surface area contributed by atoms with E-state index in [1.165, 1.54) is 51.4 Å². The number of hydrogen-bond acceptors (Lipinski definition) is 15. The number of carbonyl (C=O) groups excluding carboxylic acids is 4. The quantitative estimate of drug-likeness (QED) is 0.0169. The summed E-state index contributed by atoms with van der Waals surface area (Å²) in [5.41, 5.74) is 0. The average Bonchev–Trinajstić information content (AvgIpc) is 0.935. The Morgan fingerprint density at radius 1 is 0.300 bits per heavy atom. The SMILES string of the molecule is CC/C=C\C/C=C\C/C=C\C/C=C\C/C=C\CCCCCC(=O)OCC(COP(=O)(O)OCC(O)COP(=O)(O)OCC(COC(=O)C/C=C\C/C=C\C/C=C\C/C=C\C/C=C\CC)OC(=O)CCCCCCCCCCCCCCC)OC(=O)CCCCCCC/C=C\C/C=C\CCC. The van der Waals surface area contributed by atoms with Gasteiger partial charge < -0.3 is 33.8 Å². The Bertz CT molecular complexity index is 2470. The van der Waals surface area contributed by atoms with Gasteiger partial charge >= 0.3 is 39.5 Å². The molecule has 0 aliphatic heterocycles. The smallest absolute Gasteiger partial charge is 0.462 e. The Morgan fingerprint density at radius 2 is 0.580 bits per heavy atom. The van der Waals surface area contributed by atoms with Crippen LogP contribution >= 0.6 is 15.6 Å². The van der Waals surface area contributed by atoms with Gasteiger partial charge in [-0.05, 0) is 122 Å². The van der Waals surface area contributed by atoms with Crippen LogP contribution in [0.25, 0.3) is 0 Å². The molecule has 19 heteroatoms. The van der Waals surface area contributed by atoms with Crippen molar-refractivity contribution < 1.29 is 80.2 Å². The molecule has 0 rings (SSSR count). The van der Waals surface area contributed by atoms with E-state index >= 15 is 0 Å². The van der Waals surface area contributed by atoms with Gasteiger partial charge in [-0.1, -0.05) is 283 Å². The van der Waals surface area contributed by atoms with E-state index in [4.69, 9.17) is 37.0 Å². The molecule has 5 unspecified atom stereocenters. The lowest BCUT2D eigenvalue weighted by Gasteiger charge is -2.21. The molecule has 3 N–H and O–H groups in total. The highest BCUT2D eigenvalue weighted by molar-refractivity contribution is 7.47. The van der Waals surface area contributed by atoms with Crippen molar-refractivity contribution in [2.24, 2.45) is 0 Å². The maximum absolute atomic E-state index is 13.1. The fourth-order valence-electron chi connectivity index (χ4n) is 9.59. The molecule has 0 bridgehead atoms. The van der Waals surface area contributed by atoms with Crippen LogP contribution in [-0.4, -0.2) is 96.7 Å². The second kappa shape index (κ2) is 72.3. The molecule has 0 radical (unpaired) electrons. The Labute approximate surface area is 605 Å². The van der Waals surface area contributed by atoms with E-state index < -0.39 is 97.5 Å². The van der Waals surface area contributed by atoms with Gasteiger partial charge in [-0.2, -0.15) is 0 Å². The Hall–Kier alpha value is -5.06. The Balaban J connectivity index is 5.44. The zero-order valence-corrected chi connectivity index (χ0v) is 63.9. The van der Waals surface area contributed by atoms with Gasteiger partial charge in [-0.25, -0.2) is 9.13 Å². The monoisotopic (exact) mass is 1440 g/mol. The number of esters is 4. The van der Waals surface area contributed by atoms with Gasteiger partial charge in [0.15, 0.2) is 12.2 Å². The molecule has 0 heterocycles. The molecule has 0 amide bonds. The first kappa shape index (κ1) is 94.9. The van der Waals surface area contributed by atoms with Gasteiger partial charge in [0.25, 0.3) is 0 Å². The summed E-state index contributed by atoms with van der Waals surface area (Å²) in [6.45, 7) is 4.40. The lowest BCUT2D eigenvalue weighted by molar-refractivity contribution is -0.161. The molecule has 0 spiro atoms. The van der Waals surface area contributed by atoms with E-state index in [9.17, 15) is 43.2 Å². The summed E-state index contributed by atoms with van der Waals surface area (Å²) < 4.78 is 68.3. The second-order valence-electron chi connectivity index (χ2n) is 24.8. The molecular weight excluding hydrogens is 1310 g/mol. The van der Waals surface area contributed by atoms with Crippen LogP contribution in [0.1, 0.15) is 285 Å². The number of carbonyl (C=O) groups is 4. The van der Waals surface area contributed by atoms with E-state index in [1.807, 2.05) is 18.2 Å². The summed E-state index contributed by atoms with van der Waals surface area (Å²) in [5, 5.41) is 10.6. The van der Waals surface area contributed by atoms with Gasteiger partial charge in [0.1, 0.15) is 19.3 Å². The summed E-state index contributed by atoms with van der Waals surface area (Å²) in [6, 6.07) is 0. The van der Waals surface area contributed by atoms with Gasteiger partial charge in [0, 0.05) is 19.3 Å². The fourth-order valence-corrected chi connectivity index (χ4v) is 11.2. The standard InChI is InChI=1S/C81H134O17P2/c1-5-9-13-17-21-25-29-33-35-36-37-38-40-44-46-50-54-58-62-66-79(84)92-72-77(98-81(86)68-64-60-56-52-48-42-32-28-24-20-16-12-8-4)74-96-100(89,90)94-70-75(82)69-93-99(87,88)95-73-76(97-80(85)67-63-59-55-51-47-41-31-27-23-19-15-11-7-3)71-91-78(83)65-61-57-53-49-45-43-39-34-30-26-22-18-14-10-6-2/h9-10,13-14,16,20-22,25-26,28,32-35,37-39,44-46,49,57,61,75-77,82H,5-8,11-12,15,17-19,23-24,27,29-31,36,40-43,47-48,50-56,58-60,62-74H2,1-4H3,(H,87,88)(H,89,90)/b13-9-,14-10-,20-16-,25-21-,26-22-,32-28-,35-33-,38-37-,39-34-,46-44-,49-45-,61-57-. The largest absolute Gasteiger partial charge is 0.472 e. The topological polar surface area (TPSA) is 237 Å². The molecule has 5 atom stereocenters. The van der Waals surface area contributed by atoms with E-state index in [-0.39, 0.29) is 25.7 Å². The van der Waals surface area contributed by atoms with Crippen molar-refractivity contribution in [3.05, 3.63) is 146 Å². The number of ether oxygens (including phenoxy) is 4. The van der Waals surface area contributed by atoms with Crippen molar-refractivity contribution in [2.45, 2.75) is 303 Å². The van der Waals surface area contributed by atoms with E-state index in [0.717, 1.165) is 154 Å². The predicted octanol–water partition coefficient (Wildman–Crippen LogP) is 21.9. The molecule has 0 aromatic carbocycles. The molecule has 100 heavy (non-hydrogen) atoms. The minimum Gasteiger partial charge on any atom is -0.462 e. The van der Waals surface area contributed by atoms with Gasteiger partial charge in [0.05, 0.1) is 32.8 Å². The van der Waals surface area contributed by atoms with Crippen LogP contribution in [0, 0.1) is 0 Å². The van der Waals surface area contributed by atoms with Crippen LogP contribution < -0.4 is 0 Å². The third-order valence-electron chi connectivity index (χ3n) is 15.3. The summed E-state index contributed by atoms with van der Waals surface area (Å²) >= 11 is 0. The van der Waals surface area contributed by atoms with Crippen molar-refractivity contribution in [2.75, 3.05) is 39.6 Å². The first-order valence-corrected chi connectivity index (χ1v) is 41.1. The van der Waals surface area contributed by atoms with Crippen LogP contribution in [0.2, 0.25) is 0 Å². The zero-order chi connectivity index (χ0) is 73.2. The van der Waals surface area contributed by atoms with Gasteiger partial charge in [-0.3, -0.25) is 37.3 Å². The van der Waals surface area contributed by atoms with E-state index in [0.29, 0.717) is 25.7 Å². The molecule has 0 saturated heterocycles. The fraction of sp³-hybridized carbons (Fsp3) is 0.654. The summed E-state index contributed by atoms with van der Waals surface area (Å²) in [7, 11) is -9.99. The average molecular weight is 1440 g/mol. The van der Waals surface area contributed by atoms with Crippen molar-refractivity contribution in [1.29, 1.82) is 0 Å². The molecule has 570 valence electrons. The first-order valence-electron chi connectivity index (χ1n) is 38.1. The number of phosphoric acid groups is 2. The molecule has 17 nitrogen and oxygen atoms in total. The normalized spacial score (nSPS) is 14.8. The molecule has 0 aliphatic carbocycles. The third-order valence-corrected chi connectivity index (χ3v) is 17.2. The van der Waals surface area contributed by atoms with E-state index in [1.54, 1.807) is 6.08 Å². The highest BCUT2D eigenvalue weighted by Gasteiger charge is 2.30. The molecule has 0 saturated carbocycles. The van der Waals surface area contributed by atoms with Crippen molar-refractivity contribution in [3.63, 3.8) is 0 Å². The number of unbranched alkanes of at least 4 members (excludes halogenated alkanes) is 21. The highest BCUT2D eigenvalue weighted by Crippen LogP contribution is 2.45. The number of allylic oxidation sites excluding steroid dienone is 23. The lowest BCUT2D eigenvalue weighted by Crippen LogP contribution is -2.30. The van der Waals surface area contributed by atoms with Crippen LogP contribution in [-0.2, 0) is 65.4 Å². The first-order chi connectivity index (χ1) is 48.7. The summed E-state index contributed by atoms with van der Waals surface area (Å²) in [4.78, 5) is 72.8. The van der Waals surface area contributed by atoms with Gasteiger partial charge in [-0.15, -0.1) is 0 Å². The number of aliphatic hydroxyl groups excluding tert-OH is 1. The zero-order valence-electron chi connectivity index (χ0n) is 62.1. The Morgan fingerprint density at radius 3 is 0.940 bits per heavy atom. The number of hydrogen-bond donors (Lipinski definition) is 3. The van der Waals surface area contributed by atoms with Crippen molar-refractivity contribution in [1.82, 2.24) is 0 Å². The maximum atomic E-state index is 13.1. The highest BCUT2D eigenvalue weighted by atomic mass is 31.2. The minimum atomic E-state index is -5.00. The van der Waals surface area contributed by atoms with Gasteiger partial charge in [0.2, 0.25) is 0 Å².